The molecule has 0 bridgehead atoms. The summed E-state index contributed by atoms with van der Waals surface area (Å²) in [6.07, 6.45) is 11.9. The first-order chi connectivity index (χ1) is 9.38. The lowest BCUT2D eigenvalue weighted by atomic mass is 10.0. The van der Waals surface area contributed by atoms with Crippen LogP contribution in [-0.4, -0.2) is 12.6 Å². The van der Waals surface area contributed by atoms with Crippen LogP contribution in [0.5, 0.6) is 0 Å². The van der Waals surface area contributed by atoms with Crippen LogP contribution < -0.4 is 5.32 Å². The molecule has 0 atom stereocenters. The fourth-order valence-corrected chi connectivity index (χ4v) is 2.48. The molecular formula is C18H29N. The molecule has 0 unspecified atom stereocenters. The first kappa shape index (κ1) is 14.6. The van der Waals surface area contributed by atoms with Gasteiger partial charge >= 0.3 is 0 Å². The van der Waals surface area contributed by atoms with Gasteiger partial charge in [0.1, 0.15) is 0 Å². The van der Waals surface area contributed by atoms with Crippen LogP contribution in [0, 0.1) is 0 Å². The maximum Gasteiger partial charge on any atom is 0.00682 e. The molecule has 1 aliphatic carbocycles. The first-order valence-electron chi connectivity index (χ1n) is 8.19. The fourth-order valence-electron chi connectivity index (χ4n) is 2.48. The second-order valence-corrected chi connectivity index (χ2v) is 5.96. The molecular weight excluding hydrogens is 230 g/mol. The van der Waals surface area contributed by atoms with E-state index in [1.165, 1.54) is 75.5 Å². The Hall–Kier alpha value is -0.820. The van der Waals surface area contributed by atoms with Crippen molar-refractivity contribution in [3.63, 3.8) is 0 Å². The highest BCUT2D eigenvalue weighted by Crippen LogP contribution is 2.18. The maximum atomic E-state index is 3.58. The van der Waals surface area contributed by atoms with Crippen molar-refractivity contribution in [2.45, 2.75) is 70.8 Å². The Morgan fingerprint density at radius 2 is 1.53 bits per heavy atom. The lowest BCUT2D eigenvalue weighted by Crippen LogP contribution is -2.17. The van der Waals surface area contributed by atoms with E-state index >= 15 is 0 Å². The minimum Gasteiger partial charge on any atom is -0.314 e. The van der Waals surface area contributed by atoms with Gasteiger partial charge in [-0.1, -0.05) is 44.0 Å². The molecule has 1 saturated carbocycles. The summed E-state index contributed by atoms with van der Waals surface area (Å²) >= 11 is 0. The van der Waals surface area contributed by atoms with E-state index < -0.39 is 0 Å². The average molecular weight is 259 g/mol. The van der Waals surface area contributed by atoms with Crippen LogP contribution in [-0.2, 0) is 12.8 Å². The maximum absolute atomic E-state index is 3.58. The number of hydrogen-bond acceptors (Lipinski definition) is 1. The largest absolute Gasteiger partial charge is 0.314 e. The summed E-state index contributed by atoms with van der Waals surface area (Å²) in [5.74, 6) is 0. The predicted molar refractivity (Wildman–Crippen MR) is 83.6 cm³/mol. The lowest BCUT2D eigenvalue weighted by molar-refractivity contribution is 0.600. The number of aryl methyl sites for hydroxylation is 2. The van der Waals surface area contributed by atoms with Gasteiger partial charge in [-0.15, -0.1) is 0 Å². The van der Waals surface area contributed by atoms with Crippen molar-refractivity contribution in [2.75, 3.05) is 6.54 Å². The summed E-state index contributed by atoms with van der Waals surface area (Å²) in [6.45, 7) is 3.48. The van der Waals surface area contributed by atoms with Crippen molar-refractivity contribution in [3.8, 4) is 0 Å². The zero-order chi connectivity index (χ0) is 13.3. The van der Waals surface area contributed by atoms with Gasteiger partial charge in [0.15, 0.2) is 0 Å². The topological polar surface area (TPSA) is 12.0 Å². The van der Waals surface area contributed by atoms with Gasteiger partial charge in [-0.2, -0.15) is 0 Å². The second-order valence-electron chi connectivity index (χ2n) is 5.96. The van der Waals surface area contributed by atoms with Gasteiger partial charge in [-0.05, 0) is 62.6 Å². The van der Waals surface area contributed by atoms with E-state index in [4.69, 9.17) is 0 Å². The van der Waals surface area contributed by atoms with Gasteiger partial charge < -0.3 is 5.32 Å². The van der Waals surface area contributed by atoms with Gasteiger partial charge in [-0.25, -0.2) is 0 Å². The molecule has 1 nitrogen and oxygen atoms in total. The van der Waals surface area contributed by atoms with Gasteiger partial charge in [0.2, 0.25) is 0 Å². The van der Waals surface area contributed by atoms with Crippen LogP contribution >= 0.6 is 0 Å². The molecule has 0 radical (unpaired) electrons. The van der Waals surface area contributed by atoms with Crippen LogP contribution in [0.25, 0.3) is 0 Å². The Morgan fingerprint density at radius 1 is 0.895 bits per heavy atom. The highest BCUT2D eigenvalue weighted by atomic mass is 14.9. The van der Waals surface area contributed by atoms with Crippen molar-refractivity contribution in [3.05, 3.63) is 35.4 Å². The second kappa shape index (κ2) is 8.37. The zero-order valence-corrected chi connectivity index (χ0v) is 12.5. The van der Waals surface area contributed by atoms with Crippen LogP contribution in [0.15, 0.2) is 24.3 Å². The van der Waals surface area contributed by atoms with Crippen molar-refractivity contribution in [1.82, 2.24) is 5.32 Å². The highest BCUT2D eigenvalue weighted by molar-refractivity contribution is 5.22. The van der Waals surface area contributed by atoms with Crippen molar-refractivity contribution >= 4 is 0 Å². The Bertz CT molecular complexity index is 337. The normalized spacial score (nSPS) is 14.8. The van der Waals surface area contributed by atoms with Crippen LogP contribution in [0.3, 0.4) is 0 Å². The Labute approximate surface area is 118 Å². The standard InChI is InChI=1S/C18H29N/c1-2-3-7-16-9-11-17(12-10-16)8-5-4-6-15-19-18-13-14-18/h9-12,18-19H,2-8,13-15H2,1H3. The number of benzene rings is 1. The van der Waals surface area contributed by atoms with Gasteiger partial charge in [0.05, 0.1) is 0 Å². The molecule has 1 heteroatoms. The molecule has 0 amide bonds. The van der Waals surface area contributed by atoms with E-state index in [9.17, 15) is 0 Å². The van der Waals surface area contributed by atoms with Crippen molar-refractivity contribution in [2.24, 2.45) is 0 Å². The summed E-state index contributed by atoms with van der Waals surface area (Å²) in [6, 6.07) is 10.2. The molecule has 106 valence electrons. The molecule has 0 heterocycles. The Kier molecular flexibility index (Phi) is 6.43. The Morgan fingerprint density at radius 3 is 2.11 bits per heavy atom. The molecule has 1 fully saturated rings. The van der Waals surface area contributed by atoms with Gasteiger partial charge in [0.25, 0.3) is 0 Å². The molecule has 0 saturated heterocycles. The van der Waals surface area contributed by atoms with E-state index in [2.05, 4.69) is 36.5 Å². The van der Waals surface area contributed by atoms with Crippen molar-refractivity contribution < 1.29 is 0 Å². The molecule has 2 rings (SSSR count). The van der Waals surface area contributed by atoms with Crippen molar-refractivity contribution in [1.29, 1.82) is 0 Å². The van der Waals surface area contributed by atoms with Gasteiger partial charge in [0, 0.05) is 6.04 Å². The van der Waals surface area contributed by atoms with E-state index in [0.717, 1.165) is 6.04 Å². The number of hydrogen-bond donors (Lipinski definition) is 1. The first-order valence-corrected chi connectivity index (χ1v) is 8.19. The third-order valence-corrected chi connectivity index (χ3v) is 3.99. The molecule has 1 aromatic carbocycles. The van der Waals surface area contributed by atoms with Gasteiger partial charge in [-0.3, -0.25) is 0 Å². The third kappa shape index (κ3) is 6.24. The monoisotopic (exact) mass is 259 g/mol. The van der Waals surface area contributed by atoms with Crippen LogP contribution in [0.4, 0.5) is 0 Å². The summed E-state index contributed by atoms with van der Waals surface area (Å²) in [5, 5.41) is 3.58. The predicted octanol–water partition coefficient (Wildman–Crippen LogP) is 4.49. The number of unbranched alkanes of at least 4 members (excludes halogenated alkanes) is 3. The van der Waals surface area contributed by atoms with E-state index in [1.54, 1.807) is 0 Å². The molecule has 1 N–H and O–H groups in total. The minimum atomic E-state index is 0.871. The minimum absolute atomic E-state index is 0.871. The highest BCUT2D eigenvalue weighted by Gasteiger charge is 2.19. The SMILES string of the molecule is CCCCc1ccc(CCCCCNC2CC2)cc1. The zero-order valence-electron chi connectivity index (χ0n) is 12.5. The van der Waals surface area contributed by atoms with Crippen LogP contribution in [0.2, 0.25) is 0 Å². The summed E-state index contributed by atoms with van der Waals surface area (Å²) in [4.78, 5) is 0. The third-order valence-electron chi connectivity index (χ3n) is 3.99. The van der Waals surface area contributed by atoms with E-state index in [0.29, 0.717) is 0 Å². The average Bonchev–Trinajstić information content (AvgIpc) is 3.26. The molecule has 0 aromatic heterocycles. The molecule has 1 aliphatic rings. The fraction of sp³-hybridized carbons (Fsp3) is 0.667. The van der Waals surface area contributed by atoms with E-state index in [1.807, 2.05) is 0 Å². The Balaban J connectivity index is 1.54. The molecule has 0 spiro atoms. The van der Waals surface area contributed by atoms with E-state index in [-0.39, 0.29) is 0 Å². The summed E-state index contributed by atoms with van der Waals surface area (Å²) in [5.41, 5.74) is 3.01. The molecule has 1 aromatic rings. The smallest absolute Gasteiger partial charge is 0.00682 e. The summed E-state index contributed by atoms with van der Waals surface area (Å²) in [7, 11) is 0. The lowest BCUT2D eigenvalue weighted by Gasteiger charge is -2.05. The summed E-state index contributed by atoms with van der Waals surface area (Å²) < 4.78 is 0. The number of rotatable bonds is 10. The number of nitrogens with one attached hydrogen (secondary N) is 1. The molecule has 19 heavy (non-hydrogen) atoms. The quantitative estimate of drug-likeness (QED) is 0.610. The molecule has 0 aliphatic heterocycles. The van der Waals surface area contributed by atoms with Crippen LogP contribution in [0.1, 0.15) is 63.0 Å².